The summed E-state index contributed by atoms with van der Waals surface area (Å²) in [5, 5.41) is 0. The maximum atomic E-state index is 13.1. The van der Waals surface area contributed by atoms with Crippen molar-refractivity contribution in [1.82, 2.24) is 9.80 Å². The molecular formula is C23H26N2O3. The van der Waals surface area contributed by atoms with E-state index in [4.69, 9.17) is 4.74 Å². The van der Waals surface area contributed by atoms with E-state index in [1.807, 2.05) is 29.2 Å². The highest BCUT2D eigenvalue weighted by molar-refractivity contribution is 5.98. The van der Waals surface area contributed by atoms with Crippen LogP contribution in [0.2, 0.25) is 0 Å². The molecule has 1 atom stereocenters. The molecule has 28 heavy (non-hydrogen) atoms. The van der Waals surface area contributed by atoms with Gasteiger partial charge in [-0.25, -0.2) is 0 Å². The van der Waals surface area contributed by atoms with Crippen molar-refractivity contribution >= 4 is 11.8 Å². The zero-order valence-electron chi connectivity index (χ0n) is 16.3. The summed E-state index contributed by atoms with van der Waals surface area (Å²) in [5.41, 5.74) is 4.07. The van der Waals surface area contributed by atoms with Gasteiger partial charge in [0.25, 0.3) is 5.91 Å². The number of rotatable bonds is 3. The van der Waals surface area contributed by atoms with Gasteiger partial charge < -0.3 is 14.5 Å². The minimum Gasteiger partial charge on any atom is -0.378 e. The normalized spacial score (nSPS) is 19.7. The topological polar surface area (TPSA) is 49.9 Å². The lowest BCUT2D eigenvalue weighted by Gasteiger charge is -2.32. The van der Waals surface area contributed by atoms with Gasteiger partial charge in [-0.3, -0.25) is 9.59 Å². The highest BCUT2D eigenvalue weighted by atomic mass is 16.5. The van der Waals surface area contributed by atoms with Crippen LogP contribution >= 0.6 is 0 Å². The third-order valence-electron chi connectivity index (χ3n) is 5.64. The van der Waals surface area contributed by atoms with Gasteiger partial charge in [-0.05, 0) is 43.0 Å². The van der Waals surface area contributed by atoms with Crippen molar-refractivity contribution < 1.29 is 14.3 Å². The summed E-state index contributed by atoms with van der Waals surface area (Å²) in [6.07, 6.45) is 1.61. The van der Waals surface area contributed by atoms with Crippen LogP contribution < -0.4 is 0 Å². The number of benzene rings is 2. The fourth-order valence-corrected chi connectivity index (χ4v) is 3.98. The van der Waals surface area contributed by atoms with Gasteiger partial charge in [0.1, 0.15) is 6.04 Å². The average Bonchev–Trinajstić information content (AvgIpc) is 3.24. The van der Waals surface area contributed by atoms with Crippen molar-refractivity contribution in [2.45, 2.75) is 25.8 Å². The molecule has 0 aliphatic carbocycles. The Morgan fingerprint density at radius 2 is 1.50 bits per heavy atom. The van der Waals surface area contributed by atoms with Crippen LogP contribution in [-0.4, -0.2) is 60.5 Å². The van der Waals surface area contributed by atoms with E-state index in [-0.39, 0.29) is 17.9 Å². The van der Waals surface area contributed by atoms with Crippen molar-refractivity contribution in [2.75, 3.05) is 32.8 Å². The molecule has 0 bridgehead atoms. The van der Waals surface area contributed by atoms with Gasteiger partial charge in [-0.15, -0.1) is 0 Å². The van der Waals surface area contributed by atoms with Gasteiger partial charge in [-0.2, -0.15) is 0 Å². The number of nitrogens with zero attached hydrogens (tertiary/aromatic N) is 2. The van der Waals surface area contributed by atoms with E-state index < -0.39 is 0 Å². The summed E-state index contributed by atoms with van der Waals surface area (Å²) in [5.74, 6) is 0.00462. The summed E-state index contributed by atoms with van der Waals surface area (Å²) < 4.78 is 5.34. The summed E-state index contributed by atoms with van der Waals surface area (Å²) in [6.45, 7) is 5.08. The smallest absolute Gasteiger partial charge is 0.254 e. The van der Waals surface area contributed by atoms with E-state index in [9.17, 15) is 9.59 Å². The first-order valence-electron chi connectivity index (χ1n) is 9.98. The number of carbonyl (C=O) groups excluding carboxylic acids is 2. The molecule has 0 aromatic heterocycles. The molecule has 2 aliphatic heterocycles. The quantitative estimate of drug-likeness (QED) is 0.825. The monoisotopic (exact) mass is 378 g/mol. The van der Waals surface area contributed by atoms with Gasteiger partial charge in [-0.1, -0.05) is 42.0 Å². The molecule has 0 spiro atoms. The molecule has 2 amide bonds. The Bertz CT molecular complexity index is 839. The third kappa shape index (κ3) is 3.80. The van der Waals surface area contributed by atoms with E-state index in [0.717, 1.165) is 24.0 Å². The van der Waals surface area contributed by atoms with Crippen LogP contribution in [0.15, 0.2) is 48.5 Å². The molecule has 146 valence electrons. The number of hydrogen-bond donors (Lipinski definition) is 0. The Balaban J connectivity index is 1.48. The first kappa shape index (κ1) is 18.7. The molecule has 2 aromatic rings. The van der Waals surface area contributed by atoms with Crippen LogP contribution in [0.3, 0.4) is 0 Å². The van der Waals surface area contributed by atoms with Crippen LogP contribution in [0.1, 0.15) is 28.8 Å². The van der Waals surface area contributed by atoms with E-state index in [1.54, 1.807) is 4.90 Å². The van der Waals surface area contributed by atoms with Crippen LogP contribution in [0.5, 0.6) is 0 Å². The summed E-state index contributed by atoms with van der Waals surface area (Å²) >= 11 is 0. The Morgan fingerprint density at radius 1 is 0.893 bits per heavy atom. The lowest BCUT2D eigenvalue weighted by Crippen LogP contribution is -2.51. The molecular weight excluding hydrogens is 352 g/mol. The highest BCUT2D eigenvalue weighted by Gasteiger charge is 2.37. The van der Waals surface area contributed by atoms with Crippen molar-refractivity contribution in [3.8, 4) is 11.1 Å². The molecule has 4 rings (SSSR count). The summed E-state index contributed by atoms with van der Waals surface area (Å²) in [7, 11) is 0. The number of hydrogen-bond acceptors (Lipinski definition) is 3. The predicted molar refractivity (Wildman–Crippen MR) is 108 cm³/mol. The zero-order valence-corrected chi connectivity index (χ0v) is 16.3. The minimum absolute atomic E-state index is 0.0560. The van der Waals surface area contributed by atoms with Crippen LogP contribution in [0.25, 0.3) is 11.1 Å². The number of likely N-dealkylation sites (tertiary alicyclic amines) is 1. The lowest BCUT2D eigenvalue weighted by molar-refractivity contribution is -0.139. The molecule has 2 aliphatic rings. The van der Waals surface area contributed by atoms with Crippen molar-refractivity contribution in [1.29, 1.82) is 0 Å². The van der Waals surface area contributed by atoms with Crippen molar-refractivity contribution in [2.24, 2.45) is 0 Å². The largest absolute Gasteiger partial charge is 0.378 e. The summed E-state index contributed by atoms with van der Waals surface area (Å²) in [4.78, 5) is 29.5. The maximum Gasteiger partial charge on any atom is 0.254 e. The van der Waals surface area contributed by atoms with E-state index in [1.165, 1.54) is 5.56 Å². The molecule has 0 N–H and O–H groups in total. The molecule has 2 fully saturated rings. The lowest BCUT2D eigenvalue weighted by atomic mass is 10.0. The standard InChI is InChI=1S/C23H26N2O3/c1-17-4-6-18(7-5-17)19-8-10-20(11-9-19)22(26)25-12-2-3-21(25)23(27)24-13-15-28-16-14-24/h4-11,21H,2-3,12-16H2,1H3/t21-/m0/s1. The molecule has 0 saturated carbocycles. The molecule has 5 heteroatoms. The van der Waals surface area contributed by atoms with Gasteiger partial charge in [0.05, 0.1) is 13.2 Å². The fraction of sp³-hybridized carbons (Fsp3) is 0.391. The second-order valence-electron chi connectivity index (χ2n) is 7.54. The van der Waals surface area contributed by atoms with Gasteiger partial charge in [0.15, 0.2) is 0 Å². The Labute approximate surface area is 165 Å². The molecule has 0 radical (unpaired) electrons. The van der Waals surface area contributed by atoms with Crippen LogP contribution in [0, 0.1) is 6.92 Å². The second-order valence-corrected chi connectivity index (χ2v) is 7.54. The zero-order chi connectivity index (χ0) is 19.5. The highest BCUT2D eigenvalue weighted by Crippen LogP contribution is 2.25. The first-order valence-corrected chi connectivity index (χ1v) is 9.98. The second kappa shape index (κ2) is 8.15. The SMILES string of the molecule is Cc1ccc(-c2ccc(C(=O)N3CCC[C@H]3C(=O)N3CCOCC3)cc2)cc1. The summed E-state index contributed by atoms with van der Waals surface area (Å²) in [6, 6.07) is 15.7. The fourth-order valence-electron chi connectivity index (χ4n) is 3.98. The first-order chi connectivity index (χ1) is 13.6. The van der Waals surface area contributed by atoms with Gasteiger partial charge in [0, 0.05) is 25.2 Å². The number of morpholine rings is 1. The Kier molecular flexibility index (Phi) is 5.44. The minimum atomic E-state index is -0.345. The maximum absolute atomic E-state index is 13.1. The van der Waals surface area contributed by atoms with Crippen molar-refractivity contribution in [3.63, 3.8) is 0 Å². The number of aryl methyl sites for hydroxylation is 1. The molecule has 2 saturated heterocycles. The number of carbonyl (C=O) groups is 2. The third-order valence-corrected chi connectivity index (χ3v) is 5.64. The molecule has 2 aromatic carbocycles. The van der Waals surface area contributed by atoms with E-state index >= 15 is 0 Å². The molecule has 0 unspecified atom stereocenters. The van der Waals surface area contributed by atoms with E-state index in [0.29, 0.717) is 38.4 Å². The van der Waals surface area contributed by atoms with Crippen LogP contribution in [-0.2, 0) is 9.53 Å². The predicted octanol–water partition coefficient (Wildman–Crippen LogP) is 3.13. The van der Waals surface area contributed by atoms with E-state index in [2.05, 4.69) is 31.2 Å². The average molecular weight is 378 g/mol. The van der Waals surface area contributed by atoms with Gasteiger partial charge in [0.2, 0.25) is 5.91 Å². The molecule has 2 heterocycles. The Hall–Kier alpha value is -2.66. The number of ether oxygens (including phenoxy) is 1. The molecule has 5 nitrogen and oxygen atoms in total. The van der Waals surface area contributed by atoms with Crippen molar-refractivity contribution in [3.05, 3.63) is 59.7 Å². The van der Waals surface area contributed by atoms with Crippen LogP contribution in [0.4, 0.5) is 0 Å². The Morgan fingerprint density at radius 3 is 2.14 bits per heavy atom. The number of amides is 2. The van der Waals surface area contributed by atoms with Gasteiger partial charge >= 0.3 is 0 Å².